The fourth-order valence-corrected chi connectivity index (χ4v) is 0.991. The zero-order valence-electron chi connectivity index (χ0n) is 8.65. The molecular formula is C10H14N2O2. The topological polar surface area (TPSA) is 42.4 Å². The van der Waals surface area contributed by atoms with Gasteiger partial charge in [0.1, 0.15) is 5.82 Å². The zero-order valence-corrected chi connectivity index (χ0v) is 8.65. The molecule has 4 heteroatoms. The van der Waals surface area contributed by atoms with Crippen LogP contribution in [0.4, 0.5) is 5.82 Å². The monoisotopic (exact) mass is 194 g/mol. The summed E-state index contributed by atoms with van der Waals surface area (Å²) in [6.07, 6.45) is 0. The third-order valence-corrected chi connectivity index (χ3v) is 1.68. The van der Waals surface area contributed by atoms with Gasteiger partial charge in [-0.2, -0.15) is 0 Å². The fraction of sp³-hybridized carbons (Fsp3) is 0.400. The molecule has 0 aliphatic carbocycles. The van der Waals surface area contributed by atoms with Crippen LogP contribution in [0.1, 0.15) is 17.4 Å². The van der Waals surface area contributed by atoms with E-state index in [1.807, 2.05) is 25.1 Å². The highest BCUT2D eigenvalue weighted by Gasteiger charge is 2.08. The van der Waals surface area contributed by atoms with Crippen molar-refractivity contribution in [1.29, 1.82) is 0 Å². The molecule has 14 heavy (non-hydrogen) atoms. The number of hydrogen-bond acceptors (Lipinski definition) is 4. The largest absolute Gasteiger partial charge is 0.461 e. The third-order valence-electron chi connectivity index (χ3n) is 1.68. The summed E-state index contributed by atoms with van der Waals surface area (Å²) < 4.78 is 4.84. The van der Waals surface area contributed by atoms with Gasteiger partial charge in [0.25, 0.3) is 0 Å². The summed E-state index contributed by atoms with van der Waals surface area (Å²) in [5.74, 6) is 0.367. The standard InChI is InChI=1S/C10H14N2O2/c1-4-14-10(13)8-6-5-7-9(11-8)12(2)3/h5-7H,4H2,1-3H3. The van der Waals surface area contributed by atoms with Crippen molar-refractivity contribution in [3.05, 3.63) is 23.9 Å². The van der Waals surface area contributed by atoms with E-state index in [9.17, 15) is 4.79 Å². The normalized spacial score (nSPS) is 9.64. The highest BCUT2D eigenvalue weighted by Crippen LogP contribution is 2.08. The molecule has 1 aromatic heterocycles. The van der Waals surface area contributed by atoms with Gasteiger partial charge < -0.3 is 9.64 Å². The van der Waals surface area contributed by atoms with E-state index in [1.54, 1.807) is 19.1 Å². The molecule has 0 amide bonds. The van der Waals surface area contributed by atoms with Gasteiger partial charge in [0.2, 0.25) is 0 Å². The molecule has 0 saturated heterocycles. The molecule has 0 fully saturated rings. The van der Waals surface area contributed by atoms with Gasteiger partial charge in [0.15, 0.2) is 5.69 Å². The Hall–Kier alpha value is -1.58. The van der Waals surface area contributed by atoms with E-state index in [-0.39, 0.29) is 5.97 Å². The lowest BCUT2D eigenvalue weighted by molar-refractivity contribution is 0.0519. The Labute approximate surface area is 83.5 Å². The van der Waals surface area contributed by atoms with Crippen LogP contribution < -0.4 is 4.90 Å². The van der Waals surface area contributed by atoms with Crippen molar-refractivity contribution in [2.24, 2.45) is 0 Å². The molecule has 1 rings (SSSR count). The van der Waals surface area contributed by atoms with Crippen molar-refractivity contribution < 1.29 is 9.53 Å². The molecule has 1 heterocycles. The molecule has 0 atom stereocenters. The van der Waals surface area contributed by atoms with Gasteiger partial charge in [-0.1, -0.05) is 6.07 Å². The van der Waals surface area contributed by atoms with Crippen LogP contribution in [0.15, 0.2) is 18.2 Å². The maximum atomic E-state index is 11.3. The van der Waals surface area contributed by atoms with Crippen molar-refractivity contribution >= 4 is 11.8 Å². The number of carbonyl (C=O) groups is 1. The lowest BCUT2D eigenvalue weighted by atomic mass is 10.3. The first kappa shape index (κ1) is 10.5. The summed E-state index contributed by atoms with van der Waals surface area (Å²) in [6, 6.07) is 5.27. The SMILES string of the molecule is CCOC(=O)c1cccc(N(C)C)n1. The second kappa shape index (κ2) is 4.60. The highest BCUT2D eigenvalue weighted by atomic mass is 16.5. The Morgan fingerprint density at radius 1 is 1.50 bits per heavy atom. The second-order valence-corrected chi connectivity index (χ2v) is 3.00. The summed E-state index contributed by atoms with van der Waals surface area (Å²) >= 11 is 0. The second-order valence-electron chi connectivity index (χ2n) is 3.00. The van der Waals surface area contributed by atoms with Gasteiger partial charge in [-0.15, -0.1) is 0 Å². The molecule has 0 bridgehead atoms. The lowest BCUT2D eigenvalue weighted by Gasteiger charge is -2.11. The minimum atomic E-state index is -0.379. The van der Waals surface area contributed by atoms with Crippen molar-refractivity contribution in [3.63, 3.8) is 0 Å². The number of esters is 1. The molecule has 0 aliphatic heterocycles. The Kier molecular flexibility index (Phi) is 3.45. The number of aromatic nitrogens is 1. The number of anilines is 1. The van der Waals surface area contributed by atoms with E-state index < -0.39 is 0 Å². The number of hydrogen-bond donors (Lipinski definition) is 0. The molecule has 0 aromatic carbocycles. The maximum Gasteiger partial charge on any atom is 0.356 e. The summed E-state index contributed by atoms with van der Waals surface area (Å²) in [6.45, 7) is 2.14. The summed E-state index contributed by atoms with van der Waals surface area (Å²) in [5, 5.41) is 0. The quantitative estimate of drug-likeness (QED) is 0.681. The number of nitrogens with zero attached hydrogens (tertiary/aromatic N) is 2. The van der Waals surface area contributed by atoms with Crippen LogP contribution in [0, 0.1) is 0 Å². The molecule has 0 aliphatic rings. The predicted octanol–water partition coefficient (Wildman–Crippen LogP) is 1.32. The first-order chi connectivity index (χ1) is 6.65. The van der Waals surface area contributed by atoms with Gasteiger partial charge in [-0.05, 0) is 19.1 Å². The van der Waals surface area contributed by atoms with Gasteiger partial charge in [-0.25, -0.2) is 9.78 Å². The van der Waals surface area contributed by atoms with Gasteiger partial charge in [0.05, 0.1) is 6.61 Å². The maximum absolute atomic E-state index is 11.3. The van der Waals surface area contributed by atoms with E-state index in [1.165, 1.54) is 0 Å². The molecule has 0 saturated carbocycles. The van der Waals surface area contributed by atoms with Crippen molar-refractivity contribution in [1.82, 2.24) is 4.98 Å². The first-order valence-corrected chi connectivity index (χ1v) is 4.46. The van der Waals surface area contributed by atoms with Gasteiger partial charge in [0, 0.05) is 14.1 Å². The Bertz CT molecular complexity index is 324. The number of ether oxygens (including phenoxy) is 1. The molecule has 0 spiro atoms. The van der Waals surface area contributed by atoms with Crippen molar-refractivity contribution in [2.45, 2.75) is 6.92 Å². The van der Waals surface area contributed by atoms with Crippen LogP contribution in [0.3, 0.4) is 0 Å². The van der Waals surface area contributed by atoms with Crippen molar-refractivity contribution in [3.8, 4) is 0 Å². The average Bonchev–Trinajstić information content (AvgIpc) is 2.18. The summed E-state index contributed by atoms with van der Waals surface area (Å²) in [4.78, 5) is 17.3. The summed E-state index contributed by atoms with van der Waals surface area (Å²) in [7, 11) is 3.74. The van der Waals surface area contributed by atoms with E-state index in [4.69, 9.17) is 4.74 Å². The smallest absolute Gasteiger partial charge is 0.356 e. The fourth-order valence-electron chi connectivity index (χ4n) is 0.991. The van der Waals surface area contributed by atoms with Crippen LogP contribution in [-0.2, 0) is 4.74 Å². The van der Waals surface area contributed by atoms with Crippen LogP contribution in [0.2, 0.25) is 0 Å². The Morgan fingerprint density at radius 2 is 2.21 bits per heavy atom. The zero-order chi connectivity index (χ0) is 10.6. The third kappa shape index (κ3) is 2.45. The molecule has 76 valence electrons. The summed E-state index contributed by atoms with van der Waals surface area (Å²) in [5.41, 5.74) is 0.345. The van der Waals surface area contributed by atoms with Crippen LogP contribution in [0.25, 0.3) is 0 Å². The van der Waals surface area contributed by atoms with E-state index in [0.717, 1.165) is 5.82 Å². The molecule has 0 radical (unpaired) electrons. The van der Waals surface area contributed by atoms with E-state index in [2.05, 4.69) is 4.98 Å². The van der Waals surface area contributed by atoms with E-state index in [0.29, 0.717) is 12.3 Å². The molecule has 4 nitrogen and oxygen atoms in total. The van der Waals surface area contributed by atoms with Crippen LogP contribution in [0.5, 0.6) is 0 Å². The van der Waals surface area contributed by atoms with Crippen molar-refractivity contribution in [2.75, 3.05) is 25.6 Å². The molecular weight excluding hydrogens is 180 g/mol. The van der Waals surface area contributed by atoms with Gasteiger partial charge in [-0.3, -0.25) is 0 Å². The predicted molar refractivity (Wildman–Crippen MR) is 54.5 cm³/mol. The number of carbonyl (C=O) groups excluding carboxylic acids is 1. The Balaban J connectivity index is 2.88. The molecule has 0 unspecified atom stereocenters. The first-order valence-electron chi connectivity index (χ1n) is 4.46. The van der Waals surface area contributed by atoms with Gasteiger partial charge >= 0.3 is 5.97 Å². The number of pyridine rings is 1. The highest BCUT2D eigenvalue weighted by molar-refractivity contribution is 5.87. The molecule has 0 N–H and O–H groups in total. The average molecular weight is 194 g/mol. The number of rotatable bonds is 3. The van der Waals surface area contributed by atoms with Crippen LogP contribution in [-0.4, -0.2) is 31.7 Å². The Morgan fingerprint density at radius 3 is 2.79 bits per heavy atom. The van der Waals surface area contributed by atoms with Crippen LogP contribution >= 0.6 is 0 Å². The van der Waals surface area contributed by atoms with E-state index >= 15 is 0 Å². The minimum absolute atomic E-state index is 0.345. The minimum Gasteiger partial charge on any atom is -0.461 e. The molecule has 1 aromatic rings. The lowest BCUT2D eigenvalue weighted by Crippen LogP contribution is -2.13.